The summed E-state index contributed by atoms with van der Waals surface area (Å²) in [5.74, 6) is 0. The number of hydrogen-bond acceptors (Lipinski definition) is 4. The van der Waals surface area contributed by atoms with Crippen molar-refractivity contribution in [2.75, 3.05) is 9.80 Å². The monoisotopic (exact) mass is 960 g/mol. The molecule has 0 radical (unpaired) electrons. The Balaban J connectivity index is 1.12. The molecule has 74 heavy (non-hydrogen) atoms. The summed E-state index contributed by atoms with van der Waals surface area (Å²) >= 11 is 1.84. The number of benzene rings is 12. The van der Waals surface area contributed by atoms with Crippen molar-refractivity contribution in [1.82, 2.24) is 4.57 Å². The Labute approximate surface area is 432 Å². The van der Waals surface area contributed by atoms with Crippen LogP contribution in [0.5, 0.6) is 0 Å². The van der Waals surface area contributed by atoms with Crippen LogP contribution < -0.4 is 9.80 Å². The highest BCUT2D eigenvalue weighted by atomic mass is 32.1. The highest BCUT2D eigenvalue weighted by Gasteiger charge is 2.27. The first kappa shape index (κ1) is 43.1. The van der Waals surface area contributed by atoms with Gasteiger partial charge in [-0.3, -0.25) is 0 Å². The normalized spacial score (nSPS) is 11.5. The summed E-state index contributed by atoms with van der Waals surface area (Å²) < 4.78 is 4.77. The second-order valence-corrected chi connectivity index (χ2v) is 19.8. The number of anilines is 6. The minimum absolute atomic E-state index is 0.642. The van der Waals surface area contributed by atoms with Crippen LogP contribution in [0, 0.1) is 11.3 Å². The average Bonchev–Trinajstić information content (AvgIpc) is 4.05. The molecule has 0 N–H and O–H groups in total. The van der Waals surface area contributed by atoms with Crippen LogP contribution in [0.25, 0.3) is 91.5 Å². The molecule has 2 aromatic heterocycles. The van der Waals surface area contributed by atoms with Crippen LogP contribution in [-0.2, 0) is 0 Å². The van der Waals surface area contributed by atoms with Gasteiger partial charge in [-0.1, -0.05) is 188 Å². The maximum atomic E-state index is 11.5. The lowest BCUT2D eigenvalue weighted by molar-refractivity contribution is 1.18. The predicted octanol–water partition coefficient (Wildman–Crippen LogP) is 19.6. The minimum Gasteiger partial charge on any atom is -0.310 e. The molecule has 0 fully saturated rings. The van der Waals surface area contributed by atoms with Crippen molar-refractivity contribution in [2.24, 2.45) is 0 Å². The van der Waals surface area contributed by atoms with Crippen molar-refractivity contribution < 1.29 is 0 Å². The first-order chi connectivity index (χ1) is 36.7. The molecule has 0 aliphatic carbocycles. The van der Waals surface area contributed by atoms with Gasteiger partial charge in [-0.15, -0.1) is 11.3 Å². The van der Waals surface area contributed by atoms with Crippen LogP contribution >= 0.6 is 11.3 Å². The molecule has 14 aromatic rings. The Hall–Kier alpha value is -9.73. The number of rotatable bonds is 9. The van der Waals surface area contributed by atoms with Gasteiger partial charge in [0.05, 0.1) is 32.7 Å². The number of thiophene rings is 1. The Bertz CT molecular complexity index is 4490. The zero-order valence-electron chi connectivity index (χ0n) is 40.1. The molecule has 0 saturated carbocycles. The van der Waals surface area contributed by atoms with Crippen molar-refractivity contribution in [3.63, 3.8) is 0 Å². The van der Waals surface area contributed by atoms with Crippen molar-refractivity contribution in [2.45, 2.75) is 0 Å². The largest absolute Gasteiger partial charge is 0.310 e. The summed E-state index contributed by atoms with van der Waals surface area (Å²) in [5, 5.41) is 20.3. The lowest BCUT2D eigenvalue weighted by Crippen LogP contribution is -2.14. The van der Waals surface area contributed by atoms with Gasteiger partial charge < -0.3 is 14.4 Å². The summed E-state index contributed by atoms with van der Waals surface area (Å²) in [6.07, 6.45) is 0. The van der Waals surface area contributed by atoms with E-state index in [-0.39, 0.29) is 0 Å². The maximum absolute atomic E-state index is 11.5. The number of fused-ring (bicyclic) bond motifs is 8. The van der Waals surface area contributed by atoms with Gasteiger partial charge in [0.1, 0.15) is 6.07 Å². The summed E-state index contributed by atoms with van der Waals surface area (Å²) in [6.45, 7) is 0. The van der Waals surface area contributed by atoms with Gasteiger partial charge in [0, 0.05) is 65.5 Å². The van der Waals surface area contributed by atoms with Crippen LogP contribution in [0.1, 0.15) is 5.56 Å². The van der Waals surface area contributed by atoms with E-state index < -0.39 is 0 Å². The Morgan fingerprint density at radius 3 is 1.62 bits per heavy atom. The van der Waals surface area contributed by atoms with Crippen LogP contribution in [0.15, 0.2) is 267 Å². The van der Waals surface area contributed by atoms with Crippen molar-refractivity contribution >= 4 is 109 Å². The minimum atomic E-state index is 0.642. The van der Waals surface area contributed by atoms with Gasteiger partial charge in [-0.05, 0) is 112 Å². The molecule has 2 heterocycles. The van der Waals surface area contributed by atoms with Gasteiger partial charge in [0.2, 0.25) is 0 Å². The fourth-order valence-electron chi connectivity index (χ4n) is 11.3. The van der Waals surface area contributed by atoms with E-state index >= 15 is 0 Å². The molecule has 0 bridgehead atoms. The zero-order valence-corrected chi connectivity index (χ0v) is 40.9. The van der Waals surface area contributed by atoms with E-state index in [0.717, 1.165) is 105 Å². The number of para-hydroxylation sites is 3. The molecule has 14 rings (SSSR count). The molecule has 0 unspecified atom stereocenters. The number of hydrogen-bond donors (Lipinski definition) is 0. The molecule has 346 valence electrons. The number of aromatic nitrogens is 1. The third kappa shape index (κ3) is 7.04. The van der Waals surface area contributed by atoms with Crippen LogP contribution in [0.4, 0.5) is 34.1 Å². The predicted molar refractivity (Wildman–Crippen MR) is 314 cm³/mol. The fraction of sp³-hybridized carbons (Fsp3) is 0. The third-order valence-corrected chi connectivity index (χ3v) is 15.7. The first-order valence-corrected chi connectivity index (χ1v) is 25.8. The lowest BCUT2D eigenvalue weighted by atomic mass is 9.89. The maximum Gasteiger partial charge on any atom is 0.102 e. The highest BCUT2D eigenvalue weighted by molar-refractivity contribution is 7.26. The topological polar surface area (TPSA) is 35.2 Å². The molecule has 0 atom stereocenters. The van der Waals surface area contributed by atoms with Crippen LogP contribution in [0.3, 0.4) is 0 Å². The summed E-state index contributed by atoms with van der Waals surface area (Å²) in [7, 11) is 0. The molecule has 0 aliphatic heterocycles. The summed E-state index contributed by atoms with van der Waals surface area (Å²) in [6, 6.07) is 98.4. The quantitative estimate of drug-likeness (QED) is 0.145. The van der Waals surface area contributed by atoms with Gasteiger partial charge in [0.15, 0.2) is 0 Å². The molecule has 0 spiro atoms. The van der Waals surface area contributed by atoms with E-state index in [1.807, 2.05) is 17.4 Å². The first-order valence-electron chi connectivity index (χ1n) is 25.0. The molecule has 4 nitrogen and oxygen atoms in total. The molecule has 5 heteroatoms. The summed E-state index contributed by atoms with van der Waals surface area (Å²) in [4.78, 5) is 4.86. The highest BCUT2D eigenvalue weighted by Crippen LogP contribution is 2.51. The van der Waals surface area contributed by atoms with Gasteiger partial charge in [0.25, 0.3) is 0 Å². The Morgan fingerprint density at radius 1 is 0.378 bits per heavy atom. The SMILES string of the molecule is N#Cc1c2ccccc2c(-c2cc(N(c3ccccc3)c3cccc4ccccc34)cc(N(c3ccccc3)c3cccc4c3sc3ccccc34)c2)c2c3ccccc3n(-c3ccc(-c4ccccc4)cc3)c12. The Kier molecular flexibility index (Phi) is 10.4. The molecule has 12 aromatic carbocycles. The molecule has 0 saturated heterocycles. The lowest BCUT2D eigenvalue weighted by Gasteiger charge is -2.31. The van der Waals surface area contributed by atoms with Crippen molar-refractivity contribution in [1.29, 1.82) is 5.26 Å². The standard InChI is InChI=1S/C69H44N4S/c70-45-61-56-29-12-13-31-58(56)66(67-60-32-14-16-34-63(60)73(68(61)67)52-40-38-47(39-41-52)46-20-4-1-5-21-46)49-42-53(71(50-24-6-2-7-25-50)62-35-18-23-48-22-10-11-28-55(48)62)44-54(43-49)72(51-26-8-3-9-27-51)64-36-19-33-59-57-30-15-17-37-65(57)74-69(59)64/h1-44H. The molecular weight excluding hydrogens is 917 g/mol. The van der Waals surface area contributed by atoms with Crippen molar-refractivity contribution in [3.8, 4) is 34.0 Å². The fourth-order valence-corrected chi connectivity index (χ4v) is 12.6. The smallest absolute Gasteiger partial charge is 0.102 e. The van der Waals surface area contributed by atoms with Crippen LogP contribution in [-0.4, -0.2) is 4.57 Å². The van der Waals surface area contributed by atoms with E-state index in [2.05, 4.69) is 281 Å². The summed E-state index contributed by atoms with van der Waals surface area (Å²) in [5.41, 5.74) is 14.2. The molecular formula is C69H44N4S. The van der Waals surface area contributed by atoms with E-state index in [9.17, 15) is 5.26 Å². The molecule has 0 amide bonds. The van der Waals surface area contributed by atoms with Crippen LogP contribution in [0.2, 0.25) is 0 Å². The van der Waals surface area contributed by atoms with E-state index in [4.69, 9.17) is 0 Å². The zero-order chi connectivity index (χ0) is 49.1. The second-order valence-electron chi connectivity index (χ2n) is 18.7. The van der Waals surface area contributed by atoms with E-state index in [1.54, 1.807) is 0 Å². The van der Waals surface area contributed by atoms with Gasteiger partial charge in [-0.2, -0.15) is 5.26 Å². The van der Waals surface area contributed by atoms with E-state index in [1.165, 1.54) is 20.2 Å². The number of nitriles is 1. The number of nitrogens with zero attached hydrogens (tertiary/aromatic N) is 4. The second kappa shape index (κ2) is 17.8. The van der Waals surface area contributed by atoms with Gasteiger partial charge in [-0.25, -0.2) is 0 Å². The van der Waals surface area contributed by atoms with Crippen molar-refractivity contribution in [3.05, 3.63) is 272 Å². The third-order valence-electron chi connectivity index (χ3n) is 14.5. The molecule has 0 aliphatic rings. The Morgan fingerprint density at radius 2 is 0.905 bits per heavy atom. The average molecular weight is 961 g/mol. The van der Waals surface area contributed by atoms with Gasteiger partial charge >= 0.3 is 0 Å². The van der Waals surface area contributed by atoms with E-state index in [0.29, 0.717) is 5.56 Å².